The van der Waals surface area contributed by atoms with Crippen LogP contribution >= 0.6 is 0 Å². The van der Waals surface area contributed by atoms with Gasteiger partial charge in [-0.25, -0.2) is 9.37 Å². The summed E-state index contributed by atoms with van der Waals surface area (Å²) in [7, 11) is 8.34. The molecule has 0 saturated heterocycles. The average Bonchev–Trinajstić information content (AvgIpc) is 3.66. The van der Waals surface area contributed by atoms with Gasteiger partial charge in [0.25, 0.3) is 0 Å². The van der Waals surface area contributed by atoms with Crippen molar-refractivity contribution in [2.75, 3.05) is 38.0 Å². The molecular formula is C39H35FN6OPt. The van der Waals surface area contributed by atoms with Crippen molar-refractivity contribution in [2.45, 2.75) is 20.8 Å². The zero-order valence-electron chi connectivity index (χ0n) is 27.9. The van der Waals surface area contributed by atoms with Crippen LogP contribution in [0.1, 0.15) is 16.7 Å². The van der Waals surface area contributed by atoms with Crippen LogP contribution in [0.2, 0.25) is 0 Å². The van der Waals surface area contributed by atoms with Crippen LogP contribution in [-0.2, 0) is 21.1 Å². The molecule has 7 aromatic rings. The maximum atomic E-state index is 14.3. The predicted molar refractivity (Wildman–Crippen MR) is 188 cm³/mol. The smallest absolute Gasteiger partial charge is 0.509 e. The molecule has 0 aliphatic carbocycles. The summed E-state index contributed by atoms with van der Waals surface area (Å²) in [5, 5.41) is 6.75. The number of hydrogen-bond acceptors (Lipinski definition) is 5. The van der Waals surface area contributed by atoms with Crippen molar-refractivity contribution in [2.24, 2.45) is 0 Å². The fraction of sp³-hybridized carbons (Fsp3) is 0.179. The molecule has 0 amide bonds. The minimum Gasteiger partial charge on any atom is -0.509 e. The monoisotopic (exact) mass is 817 g/mol. The summed E-state index contributed by atoms with van der Waals surface area (Å²) in [5.74, 6) is 1.14. The third-order valence-corrected chi connectivity index (χ3v) is 8.79. The average molecular weight is 818 g/mol. The van der Waals surface area contributed by atoms with E-state index < -0.39 is 0 Å². The maximum Gasteiger partial charge on any atom is 2.00 e. The van der Waals surface area contributed by atoms with Gasteiger partial charge in [-0.3, -0.25) is 4.68 Å². The van der Waals surface area contributed by atoms with E-state index in [0.29, 0.717) is 17.3 Å². The van der Waals surface area contributed by atoms with Crippen molar-refractivity contribution in [3.63, 3.8) is 0 Å². The third-order valence-electron chi connectivity index (χ3n) is 8.79. The Hall–Kier alpha value is -4.94. The van der Waals surface area contributed by atoms with Gasteiger partial charge in [0.15, 0.2) is 0 Å². The molecule has 0 aliphatic heterocycles. The molecule has 9 heteroatoms. The minimum absolute atomic E-state index is 0. The van der Waals surface area contributed by atoms with Gasteiger partial charge in [0.2, 0.25) is 0 Å². The first-order chi connectivity index (χ1) is 22.6. The fourth-order valence-corrected chi connectivity index (χ4v) is 6.53. The Balaban J connectivity index is 0.00000401. The van der Waals surface area contributed by atoms with Gasteiger partial charge in [-0.1, -0.05) is 23.7 Å². The number of hydrogen-bond donors (Lipinski definition) is 0. The normalized spacial score (nSPS) is 11.2. The maximum absolute atomic E-state index is 14.3. The number of nitrogens with zero attached hydrogens (tertiary/aromatic N) is 6. The van der Waals surface area contributed by atoms with Crippen LogP contribution in [0, 0.1) is 38.7 Å². The SMILES string of the molecule is Cc1c(C)c(N(C)C)c(-c2cnn(-c3[c-]c(Oc4[c-]c5c(cc4)c4ccccc4n5-c4cc(F)ccn4)ccc3)c2)c(N(C)C)c1C.[Pt+2]. The first-order valence-electron chi connectivity index (χ1n) is 15.4. The number of benzene rings is 4. The van der Waals surface area contributed by atoms with E-state index in [1.165, 1.54) is 46.4 Å². The molecule has 244 valence electrons. The fourth-order valence-electron chi connectivity index (χ4n) is 6.53. The van der Waals surface area contributed by atoms with Crippen molar-refractivity contribution < 1.29 is 30.2 Å². The van der Waals surface area contributed by atoms with Crippen LogP contribution in [0.15, 0.2) is 85.3 Å². The predicted octanol–water partition coefficient (Wildman–Crippen LogP) is 8.62. The van der Waals surface area contributed by atoms with Crippen molar-refractivity contribution in [3.05, 3.63) is 120 Å². The van der Waals surface area contributed by atoms with E-state index in [4.69, 9.17) is 9.84 Å². The van der Waals surface area contributed by atoms with Crippen molar-refractivity contribution in [1.29, 1.82) is 0 Å². The van der Waals surface area contributed by atoms with Crippen molar-refractivity contribution >= 4 is 33.2 Å². The van der Waals surface area contributed by atoms with E-state index in [1.54, 1.807) is 0 Å². The molecule has 0 bridgehead atoms. The summed E-state index contributed by atoms with van der Waals surface area (Å²) in [5.41, 5.74) is 10.7. The summed E-state index contributed by atoms with van der Waals surface area (Å²) in [6.45, 7) is 6.55. The number of fused-ring (bicyclic) bond motifs is 3. The van der Waals surface area contributed by atoms with E-state index >= 15 is 0 Å². The topological polar surface area (TPSA) is 51.4 Å². The zero-order valence-corrected chi connectivity index (χ0v) is 30.1. The second kappa shape index (κ2) is 12.9. The van der Waals surface area contributed by atoms with Gasteiger partial charge in [-0.15, -0.1) is 35.7 Å². The first kappa shape index (κ1) is 33.0. The van der Waals surface area contributed by atoms with E-state index in [2.05, 4.69) is 75.9 Å². The van der Waals surface area contributed by atoms with Crippen molar-refractivity contribution in [3.8, 4) is 34.1 Å². The number of rotatable bonds is 7. The number of anilines is 2. The quantitative estimate of drug-likeness (QED) is 0.151. The number of para-hydroxylation sites is 1. The van der Waals surface area contributed by atoms with Crippen LogP contribution in [0.25, 0.3) is 44.4 Å². The molecule has 0 N–H and O–H groups in total. The Morgan fingerprint density at radius 1 is 0.771 bits per heavy atom. The van der Waals surface area contributed by atoms with E-state index in [-0.39, 0.29) is 26.9 Å². The van der Waals surface area contributed by atoms with Gasteiger partial charge in [-0.2, -0.15) is 17.2 Å². The number of halogens is 1. The van der Waals surface area contributed by atoms with Crippen LogP contribution < -0.4 is 14.5 Å². The van der Waals surface area contributed by atoms with Crippen LogP contribution in [-0.4, -0.2) is 47.5 Å². The van der Waals surface area contributed by atoms with Gasteiger partial charge in [0, 0.05) is 86.2 Å². The molecule has 0 unspecified atom stereocenters. The van der Waals surface area contributed by atoms with Crippen LogP contribution in [0.5, 0.6) is 11.5 Å². The molecule has 0 aliphatic rings. The van der Waals surface area contributed by atoms with Crippen LogP contribution in [0.4, 0.5) is 15.8 Å². The second-order valence-electron chi connectivity index (χ2n) is 12.2. The van der Waals surface area contributed by atoms with Gasteiger partial charge < -0.3 is 19.1 Å². The molecule has 48 heavy (non-hydrogen) atoms. The molecule has 4 aromatic carbocycles. The molecule has 0 saturated carbocycles. The Kier molecular flexibility index (Phi) is 8.88. The summed E-state index contributed by atoms with van der Waals surface area (Å²) < 4.78 is 24.3. The van der Waals surface area contributed by atoms with Crippen molar-refractivity contribution in [1.82, 2.24) is 19.3 Å². The molecule has 0 spiro atoms. The first-order valence-corrected chi connectivity index (χ1v) is 15.4. The summed E-state index contributed by atoms with van der Waals surface area (Å²) >= 11 is 0. The molecule has 7 nitrogen and oxygen atoms in total. The molecule has 7 rings (SSSR count). The van der Waals surface area contributed by atoms with Gasteiger partial charge >= 0.3 is 21.1 Å². The molecule has 3 aromatic heterocycles. The molecule has 3 heterocycles. The Morgan fingerprint density at radius 3 is 2.19 bits per heavy atom. The zero-order chi connectivity index (χ0) is 33.0. The molecular weight excluding hydrogens is 783 g/mol. The third kappa shape index (κ3) is 5.64. The van der Waals surface area contributed by atoms with Crippen LogP contribution in [0.3, 0.4) is 0 Å². The van der Waals surface area contributed by atoms with Gasteiger partial charge in [-0.05, 0) is 60.7 Å². The number of ether oxygens (including phenoxy) is 1. The van der Waals surface area contributed by atoms with Gasteiger partial charge in [0.05, 0.1) is 6.20 Å². The molecule has 0 fully saturated rings. The standard InChI is InChI=1S/C39H35FN6O.Pt/c1-24-25(2)38(43(4)5)37(39(26(24)3)44(6)7)27-22-42-45(23-27)29-11-10-12-30(20-29)47-31-15-16-33-32-13-8-9-14-34(32)46(35(33)21-31)36-19-28(40)17-18-41-36;/h8-19,22-23H,1-7H3;/q-2;+2. The summed E-state index contributed by atoms with van der Waals surface area (Å²) in [6, 6.07) is 27.1. The second-order valence-corrected chi connectivity index (χ2v) is 12.2. The van der Waals surface area contributed by atoms with E-state index in [9.17, 15) is 4.39 Å². The molecule has 0 radical (unpaired) electrons. The number of aromatic nitrogens is 4. The number of pyridine rings is 1. The van der Waals surface area contributed by atoms with E-state index in [0.717, 1.165) is 38.6 Å². The largest absolute Gasteiger partial charge is 2.00 e. The summed E-state index contributed by atoms with van der Waals surface area (Å²) in [4.78, 5) is 8.81. The molecule has 0 atom stereocenters. The van der Waals surface area contributed by atoms with Gasteiger partial charge in [0.1, 0.15) is 11.6 Å². The Labute approximate surface area is 294 Å². The Bertz CT molecular complexity index is 2270. The Morgan fingerprint density at radius 2 is 1.48 bits per heavy atom. The van der Waals surface area contributed by atoms with E-state index in [1.807, 2.05) is 76.2 Å². The minimum atomic E-state index is -0.356. The summed E-state index contributed by atoms with van der Waals surface area (Å²) in [6.07, 6.45) is 5.42.